The molecule has 1 unspecified atom stereocenters. The number of hydrogen-bond acceptors (Lipinski definition) is 5. The van der Waals surface area contributed by atoms with Gasteiger partial charge in [0, 0.05) is 27.3 Å². The second-order valence-corrected chi connectivity index (χ2v) is 13.2. The zero-order chi connectivity index (χ0) is 25.4. The summed E-state index contributed by atoms with van der Waals surface area (Å²) in [6.45, 7) is 5.54. The summed E-state index contributed by atoms with van der Waals surface area (Å²) < 4.78 is 50.7. The molecule has 1 N–H and O–H groups in total. The summed E-state index contributed by atoms with van der Waals surface area (Å²) in [5.74, 6) is 0.492. The molecule has 2 atom stereocenters. The van der Waals surface area contributed by atoms with Gasteiger partial charge in [-0.1, -0.05) is 48.0 Å². The van der Waals surface area contributed by atoms with Crippen LogP contribution in [-0.4, -0.2) is 28.8 Å². The number of hydrogen-bond donors (Lipinski definition) is 1. The number of nitrogens with one attached hydrogen (secondary N) is 1. The van der Waals surface area contributed by atoms with Crippen LogP contribution in [0.15, 0.2) is 83.8 Å². The lowest BCUT2D eigenvalue weighted by molar-refractivity contribution is 0.405. The molecular formula is C26H27ClN2O4S2. The number of rotatable bonds is 7. The van der Waals surface area contributed by atoms with Crippen LogP contribution in [0, 0.1) is 0 Å². The predicted molar refractivity (Wildman–Crippen MR) is 142 cm³/mol. The van der Waals surface area contributed by atoms with Crippen LogP contribution in [0.1, 0.15) is 38.1 Å². The normalized spacial score (nSPS) is 14.1. The van der Waals surface area contributed by atoms with Gasteiger partial charge in [-0.15, -0.1) is 4.72 Å². The number of methoxy groups -OCH3 is 1. The highest BCUT2D eigenvalue weighted by molar-refractivity contribution is 7.91. The molecule has 3 aromatic carbocycles. The third-order valence-electron chi connectivity index (χ3n) is 5.55. The molecule has 0 fully saturated rings. The first kappa shape index (κ1) is 25.6. The van der Waals surface area contributed by atoms with Gasteiger partial charge in [0.15, 0.2) is 0 Å². The van der Waals surface area contributed by atoms with Crippen molar-refractivity contribution >= 4 is 43.9 Å². The molecule has 1 aromatic heterocycles. The van der Waals surface area contributed by atoms with Gasteiger partial charge in [0.2, 0.25) is 0 Å². The van der Waals surface area contributed by atoms with E-state index in [0.29, 0.717) is 27.5 Å². The molecule has 0 spiro atoms. The van der Waals surface area contributed by atoms with Crippen molar-refractivity contribution in [1.82, 2.24) is 8.69 Å². The zero-order valence-corrected chi connectivity index (χ0v) is 22.2. The fourth-order valence-corrected chi connectivity index (χ4v) is 6.38. The minimum absolute atomic E-state index is 0.149. The second kappa shape index (κ2) is 9.87. The number of halogens is 1. The summed E-state index contributed by atoms with van der Waals surface area (Å²) in [7, 11) is -2.47. The van der Waals surface area contributed by atoms with Gasteiger partial charge >= 0.3 is 0 Å². The quantitative estimate of drug-likeness (QED) is 0.311. The Bertz CT molecular complexity index is 1450. The van der Waals surface area contributed by atoms with Crippen LogP contribution < -0.4 is 9.46 Å². The highest BCUT2D eigenvalue weighted by Gasteiger charge is 2.36. The number of ether oxygens (including phenoxy) is 1. The Balaban J connectivity index is 2.04. The van der Waals surface area contributed by atoms with E-state index in [2.05, 4.69) is 4.72 Å². The van der Waals surface area contributed by atoms with E-state index in [1.165, 1.54) is 11.1 Å². The zero-order valence-electron chi connectivity index (χ0n) is 19.9. The second-order valence-electron chi connectivity index (χ2n) is 9.03. The molecule has 4 rings (SSSR count). The molecule has 184 valence electrons. The average molecular weight is 531 g/mol. The van der Waals surface area contributed by atoms with Crippen molar-refractivity contribution in [2.75, 3.05) is 7.11 Å². The molecule has 0 saturated heterocycles. The Morgan fingerprint density at radius 3 is 2.31 bits per heavy atom. The number of aromatic nitrogens is 1. The number of nitrogens with zero attached hydrogens (tertiary/aromatic N) is 1. The summed E-state index contributed by atoms with van der Waals surface area (Å²) in [6.07, 6.45) is 0. The first-order chi connectivity index (χ1) is 16.5. The van der Waals surface area contributed by atoms with E-state index >= 15 is 0 Å². The molecule has 0 aliphatic rings. The maximum absolute atomic E-state index is 14.0. The van der Waals surface area contributed by atoms with Crippen molar-refractivity contribution in [3.05, 3.63) is 95.1 Å². The lowest BCUT2D eigenvalue weighted by Crippen LogP contribution is -2.42. The summed E-state index contributed by atoms with van der Waals surface area (Å²) >= 11 is 4.81. The van der Waals surface area contributed by atoms with Crippen molar-refractivity contribution in [3.8, 4) is 5.75 Å². The predicted octanol–water partition coefficient (Wildman–Crippen LogP) is 5.68. The highest BCUT2D eigenvalue weighted by atomic mass is 35.5. The Morgan fingerprint density at radius 1 is 1.00 bits per heavy atom. The van der Waals surface area contributed by atoms with Crippen molar-refractivity contribution in [2.24, 2.45) is 0 Å². The maximum atomic E-state index is 14.0. The van der Waals surface area contributed by atoms with Crippen LogP contribution in [0.25, 0.3) is 10.9 Å². The number of benzene rings is 3. The third-order valence-corrected chi connectivity index (χ3v) is 9.11. The lowest BCUT2D eigenvalue weighted by atomic mass is 10.0. The molecule has 9 heteroatoms. The molecular weight excluding hydrogens is 504 g/mol. The molecule has 1 heterocycles. The summed E-state index contributed by atoms with van der Waals surface area (Å²) in [4.78, 5) is 0.149. The van der Waals surface area contributed by atoms with Gasteiger partial charge in [-0.3, -0.25) is 0 Å². The topological polar surface area (TPSA) is 83.4 Å². The van der Waals surface area contributed by atoms with Gasteiger partial charge in [-0.05, 0) is 63.2 Å². The lowest BCUT2D eigenvalue weighted by Gasteiger charge is -2.29. The first-order valence-electron chi connectivity index (χ1n) is 11.0. The average Bonchev–Trinajstić information content (AvgIpc) is 3.22. The summed E-state index contributed by atoms with van der Waals surface area (Å²) in [5.41, 5.74) is 1.49. The van der Waals surface area contributed by atoms with Gasteiger partial charge in [-0.2, -0.15) is 0 Å². The summed E-state index contributed by atoms with van der Waals surface area (Å²) in [5, 5.41) is 1.18. The molecule has 0 bridgehead atoms. The smallest absolute Gasteiger partial charge is 0.268 e. The van der Waals surface area contributed by atoms with E-state index < -0.39 is 32.2 Å². The Labute approximate surface area is 214 Å². The number of para-hydroxylation sites is 1. The number of fused-ring (bicyclic) bond motifs is 1. The molecule has 0 aliphatic heterocycles. The van der Waals surface area contributed by atoms with E-state index in [1.54, 1.807) is 66.7 Å². The van der Waals surface area contributed by atoms with Crippen molar-refractivity contribution in [2.45, 2.75) is 36.5 Å². The molecule has 35 heavy (non-hydrogen) atoms. The molecule has 6 nitrogen and oxygen atoms in total. The summed E-state index contributed by atoms with van der Waals surface area (Å²) in [6, 6.07) is 21.6. The van der Waals surface area contributed by atoms with Gasteiger partial charge in [0.25, 0.3) is 10.0 Å². The Kier molecular flexibility index (Phi) is 7.22. The van der Waals surface area contributed by atoms with Gasteiger partial charge in [-0.25, -0.2) is 12.4 Å². The van der Waals surface area contributed by atoms with E-state index in [1.807, 2.05) is 32.9 Å². The minimum Gasteiger partial charge on any atom is -0.598 e. The molecule has 0 saturated carbocycles. The van der Waals surface area contributed by atoms with Gasteiger partial charge < -0.3 is 9.29 Å². The Hall–Kier alpha value is -2.49. The maximum Gasteiger partial charge on any atom is 0.268 e. The van der Waals surface area contributed by atoms with Crippen LogP contribution >= 0.6 is 11.6 Å². The fraction of sp³-hybridized carbons (Fsp3) is 0.231. The van der Waals surface area contributed by atoms with E-state index in [0.717, 1.165) is 5.39 Å². The highest BCUT2D eigenvalue weighted by Crippen LogP contribution is 2.38. The Morgan fingerprint density at radius 2 is 1.66 bits per heavy atom. The van der Waals surface area contributed by atoms with Crippen molar-refractivity contribution in [1.29, 1.82) is 0 Å². The van der Waals surface area contributed by atoms with Crippen molar-refractivity contribution in [3.63, 3.8) is 0 Å². The van der Waals surface area contributed by atoms with E-state index in [4.69, 9.17) is 16.3 Å². The minimum atomic E-state index is -4.00. The van der Waals surface area contributed by atoms with Crippen LogP contribution in [0.4, 0.5) is 0 Å². The third kappa shape index (κ3) is 5.08. The van der Waals surface area contributed by atoms with Crippen LogP contribution in [0.5, 0.6) is 5.75 Å². The standard InChI is InChI=1S/C26H27ClN2O4S2/c1-26(2,3)34(30)28-25(21-17-19(27)14-15-24(21)33-4)23-16-18-10-8-9-13-22(18)29(23)35(31,32)20-11-6-5-7-12-20/h5-17,25,28H,1-4H3/t25?,34-/m0/s1. The van der Waals surface area contributed by atoms with E-state index in [9.17, 15) is 13.0 Å². The molecule has 0 radical (unpaired) electrons. The van der Waals surface area contributed by atoms with Crippen LogP contribution in [-0.2, 0) is 21.4 Å². The van der Waals surface area contributed by atoms with Gasteiger partial charge in [0.05, 0.1) is 23.2 Å². The molecule has 0 amide bonds. The van der Waals surface area contributed by atoms with Gasteiger partial charge in [0.1, 0.15) is 16.5 Å². The fourth-order valence-electron chi connectivity index (χ4n) is 3.82. The largest absolute Gasteiger partial charge is 0.598 e. The monoisotopic (exact) mass is 530 g/mol. The molecule has 0 aliphatic carbocycles. The SMILES string of the molecule is COc1ccc(Cl)cc1C(N[S@@+]([O-])C(C)(C)C)c1cc2ccccc2n1S(=O)(=O)c1ccccc1. The molecule has 4 aromatic rings. The van der Waals surface area contributed by atoms with Crippen LogP contribution in [0.2, 0.25) is 5.02 Å². The van der Waals surface area contributed by atoms with Crippen LogP contribution in [0.3, 0.4) is 0 Å². The first-order valence-corrected chi connectivity index (χ1v) is 13.9. The van der Waals surface area contributed by atoms with Crippen molar-refractivity contribution < 1.29 is 17.7 Å². The van der Waals surface area contributed by atoms with E-state index in [-0.39, 0.29) is 4.90 Å².